The normalized spacial score (nSPS) is 14.7. The Labute approximate surface area is 164 Å². The van der Waals surface area contributed by atoms with Crippen LogP contribution in [-0.4, -0.2) is 35.9 Å². The molecule has 0 aliphatic carbocycles. The number of halogens is 1. The zero-order valence-electron chi connectivity index (χ0n) is 15.5. The number of benzene rings is 2. The van der Waals surface area contributed by atoms with Crippen molar-refractivity contribution >= 4 is 29.1 Å². The zero-order chi connectivity index (χ0) is 19.4. The molecular formula is C21H23ClN2O3. The number of amides is 2. The van der Waals surface area contributed by atoms with E-state index >= 15 is 0 Å². The molecule has 1 unspecified atom stereocenters. The average Bonchev–Trinajstić information content (AvgIpc) is 3.18. The van der Waals surface area contributed by atoms with E-state index in [4.69, 9.17) is 16.3 Å². The molecule has 27 heavy (non-hydrogen) atoms. The van der Waals surface area contributed by atoms with E-state index in [1.54, 1.807) is 49.4 Å². The van der Waals surface area contributed by atoms with Gasteiger partial charge in [-0.25, -0.2) is 0 Å². The first-order chi connectivity index (χ1) is 13.0. The molecular weight excluding hydrogens is 364 g/mol. The molecule has 2 aromatic rings. The molecule has 142 valence electrons. The van der Waals surface area contributed by atoms with E-state index in [9.17, 15) is 9.59 Å². The number of nitrogens with one attached hydrogen (secondary N) is 1. The van der Waals surface area contributed by atoms with Crippen LogP contribution in [0.5, 0.6) is 5.75 Å². The van der Waals surface area contributed by atoms with Gasteiger partial charge in [0.15, 0.2) is 6.10 Å². The number of carbonyl (C=O) groups is 2. The Bertz CT molecular complexity index is 847. The predicted molar refractivity (Wildman–Crippen MR) is 106 cm³/mol. The van der Waals surface area contributed by atoms with E-state index in [0.29, 0.717) is 22.0 Å². The summed E-state index contributed by atoms with van der Waals surface area (Å²) in [7, 11) is 0. The number of para-hydroxylation sites is 1. The molecule has 0 radical (unpaired) electrons. The molecule has 0 saturated carbocycles. The van der Waals surface area contributed by atoms with Crippen molar-refractivity contribution in [3.05, 3.63) is 58.6 Å². The zero-order valence-corrected chi connectivity index (χ0v) is 16.3. The number of aryl methyl sites for hydroxylation is 1. The van der Waals surface area contributed by atoms with E-state index in [0.717, 1.165) is 31.5 Å². The first kappa shape index (κ1) is 19.2. The number of carbonyl (C=O) groups excluding carboxylic acids is 2. The summed E-state index contributed by atoms with van der Waals surface area (Å²) in [6.07, 6.45) is 1.32. The quantitative estimate of drug-likeness (QED) is 0.833. The molecule has 3 rings (SSSR count). The first-order valence-corrected chi connectivity index (χ1v) is 9.45. The Morgan fingerprint density at radius 2 is 1.85 bits per heavy atom. The van der Waals surface area contributed by atoms with Gasteiger partial charge in [-0.2, -0.15) is 0 Å². The Balaban J connectivity index is 1.71. The Morgan fingerprint density at radius 1 is 1.15 bits per heavy atom. The number of hydrogen-bond donors (Lipinski definition) is 1. The van der Waals surface area contributed by atoms with Crippen LogP contribution >= 0.6 is 11.6 Å². The van der Waals surface area contributed by atoms with Crippen LogP contribution in [0.4, 0.5) is 5.69 Å². The molecule has 5 nitrogen and oxygen atoms in total. The summed E-state index contributed by atoms with van der Waals surface area (Å²) in [5.74, 6) is 0.236. The smallest absolute Gasteiger partial charge is 0.265 e. The first-order valence-electron chi connectivity index (χ1n) is 9.07. The molecule has 1 N–H and O–H groups in total. The van der Waals surface area contributed by atoms with Gasteiger partial charge in [-0.15, -0.1) is 0 Å². The van der Waals surface area contributed by atoms with Crippen LogP contribution in [0.25, 0.3) is 0 Å². The largest absolute Gasteiger partial charge is 0.481 e. The summed E-state index contributed by atoms with van der Waals surface area (Å²) in [6.45, 7) is 5.07. The summed E-state index contributed by atoms with van der Waals surface area (Å²) >= 11 is 5.95. The van der Waals surface area contributed by atoms with Gasteiger partial charge in [0.1, 0.15) is 5.75 Å². The topological polar surface area (TPSA) is 58.6 Å². The Morgan fingerprint density at radius 3 is 2.56 bits per heavy atom. The number of nitrogens with zero attached hydrogens (tertiary/aromatic N) is 1. The van der Waals surface area contributed by atoms with Crippen LogP contribution in [0.15, 0.2) is 42.5 Å². The van der Waals surface area contributed by atoms with Crippen molar-refractivity contribution in [3.63, 3.8) is 0 Å². The van der Waals surface area contributed by atoms with Crippen molar-refractivity contribution in [2.75, 3.05) is 18.4 Å². The lowest BCUT2D eigenvalue weighted by molar-refractivity contribution is -0.122. The molecule has 1 heterocycles. The van der Waals surface area contributed by atoms with Crippen LogP contribution in [0.3, 0.4) is 0 Å². The van der Waals surface area contributed by atoms with Gasteiger partial charge in [-0.1, -0.05) is 23.7 Å². The van der Waals surface area contributed by atoms with E-state index < -0.39 is 6.10 Å². The minimum absolute atomic E-state index is 0.0504. The number of ether oxygens (including phenoxy) is 1. The molecule has 1 aliphatic rings. The highest BCUT2D eigenvalue weighted by atomic mass is 35.5. The van der Waals surface area contributed by atoms with Gasteiger partial charge in [-0.3, -0.25) is 9.59 Å². The van der Waals surface area contributed by atoms with Crippen LogP contribution < -0.4 is 10.1 Å². The molecule has 1 saturated heterocycles. The van der Waals surface area contributed by atoms with E-state index in [2.05, 4.69) is 5.32 Å². The minimum Gasteiger partial charge on any atom is -0.481 e. The predicted octanol–water partition coefficient (Wildman–Crippen LogP) is 4.29. The van der Waals surface area contributed by atoms with Crippen LogP contribution in [-0.2, 0) is 4.79 Å². The molecule has 1 fully saturated rings. The second-order valence-electron chi connectivity index (χ2n) is 6.70. The molecule has 1 aliphatic heterocycles. The van der Waals surface area contributed by atoms with Crippen molar-refractivity contribution in [2.45, 2.75) is 32.8 Å². The van der Waals surface area contributed by atoms with Gasteiger partial charge in [-0.05, 0) is 62.6 Å². The molecule has 0 aromatic heterocycles. The maximum Gasteiger partial charge on any atom is 0.265 e. The lowest BCUT2D eigenvalue weighted by Gasteiger charge is -2.20. The SMILES string of the molecule is Cc1cc(Cl)ccc1OC(C)C(=O)Nc1ccccc1C(=O)N1CCCC1. The monoisotopic (exact) mass is 386 g/mol. The molecule has 0 spiro atoms. The maximum absolute atomic E-state index is 12.7. The maximum atomic E-state index is 12.7. The Hall–Kier alpha value is -2.53. The van der Waals surface area contributed by atoms with Gasteiger partial charge in [0.05, 0.1) is 11.3 Å². The van der Waals surface area contributed by atoms with Gasteiger partial charge in [0.2, 0.25) is 0 Å². The fourth-order valence-corrected chi connectivity index (χ4v) is 3.32. The standard InChI is InChI=1S/C21H23ClN2O3/c1-14-13-16(22)9-10-19(14)27-15(2)20(25)23-18-8-4-3-7-17(18)21(26)24-11-5-6-12-24/h3-4,7-10,13,15H,5-6,11-12H2,1-2H3,(H,23,25). The second kappa shape index (κ2) is 8.44. The fourth-order valence-electron chi connectivity index (χ4n) is 3.09. The van der Waals surface area contributed by atoms with Crippen molar-refractivity contribution in [1.29, 1.82) is 0 Å². The Kier molecular flexibility index (Phi) is 6.01. The van der Waals surface area contributed by atoms with E-state index in [-0.39, 0.29) is 11.8 Å². The van der Waals surface area contributed by atoms with Crippen molar-refractivity contribution in [3.8, 4) is 5.75 Å². The minimum atomic E-state index is -0.722. The lowest BCUT2D eigenvalue weighted by atomic mass is 10.1. The van der Waals surface area contributed by atoms with Gasteiger partial charge in [0.25, 0.3) is 11.8 Å². The third-order valence-electron chi connectivity index (χ3n) is 4.62. The third-order valence-corrected chi connectivity index (χ3v) is 4.85. The second-order valence-corrected chi connectivity index (χ2v) is 7.14. The highest BCUT2D eigenvalue weighted by Crippen LogP contribution is 2.24. The molecule has 6 heteroatoms. The van der Waals surface area contributed by atoms with Crippen LogP contribution in [0.1, 0.15) is 35.7 Å². The summed E-state index contributed by atoms with van der Waals surface area (Å²) in [6, 6.07) is 12.3. The molecule has 0 bridgehead atoms. The van der Waals surface area contributed by atoms with Crippen molar-refractivity contribution < 1.29 is 14.3 Å². The highest BCUT2D eigenvalue weighted by molar-refractivity contribution is 6.30. The summed E-state index contributed by atoms with van der Waals surface area (Å²) in [5.41, 5.74) is 1.86. The van der Waals surface area contributed by atoms with Crippen molar-refractivity contribution in [1.82, 2.24) is 4.90 Å². The van der Waals surface area contributed by atoms with E-state index in [1.165, 1.54) is 0 Å². The van der Waals surface area contributed by atoms with Gasteiger partial charge < -0.3 is 15.0 Å². The van der Waals surface area contributed by atoms with Gasteiger partial charge in [0, 0.05) is 18.1 Å². The lowest BCUT2D eigenvalue weighted by Crippen LogP contribution is -2.32. The summed E-state index contributed by atoms with van der Waals surface area (Å²) < 4.78 is 5.77. The number of rotatable bonds is 5. The van der Waals surface area contributed by atoms with Crippen molar-refractivity contribution in [2.24, 2.45) is 0 Å². The third kappa shape index (κ3) is 4.61. The summed E-state index contributed by atoms with van der Waals surface area (Å²) in [5, 5.41) is 3.45. The van der Waals surface area contributed by atoms with Gasteiger partial charge >= 0.3 is 0 Å². The van der Waals surface area contributed by atoms with Crippen LogP contribution in [0, 0.1) is 6.92 Å². The highest BCUT2D eigenvalue weighted by Gasteiger charge is 2.23. The fraction of sp³-hybridized carbons (Fsp3) is 0.333. The van der Waals surface area contributed by atoms with E-state index in [1.807, 2.05) is 11.8 Å². The molecule has 2 amide bonds. The number of likely N-dealkylation sites (tertiary alicyclic amines) is 1. The number of anilines is 1. The molecule has 1 atom stereocenters. The average molecular weight is 387 g/mol. The van der Waals surface area contributed by atoms with Crippen LogP contribution in [0.2, 0.25) is 5.02 Å². The molecule has 2 aromatic carbocycles. The number of hydrogen-bond acceptors (Lipinski definition) is 3. The summed E-state index contributed by atoms with van der Waals surface area (Å²) in [4.78, 5) is 27.1.